The van der Waals surface area contributed by atoms with E-state index in [2.05, 4.69) is 5.32 Å². The van der Waals surface area contributed by atoms with Crippen LogP contribution in [-0.2, 0) is 37.3 Å². The van der Waals surface area contributed by atoms with Crippen LogP contribution < -0.4 is 5.32 Å². The molecule has 2 amide bonds. The minimum absolute atomic E-state index is 0.177. The van der Waals surface area contributed by atoms with Crippen LogP contribution in [0.5, 0.6) is 0 Å². The number of carbonyl (C=O) groups is 3. The molecule has 0 radical (unpaired) electrons. The van der Waals surface area contributed by atoms with E-state index in [1.807, 2.05) is 0 Å². The second kappa shape index (κ2) is 10.2. The molecule has 1 aromatic rings. The summed E-state index contributed by atoms with van der Waals surface area (Å²) < 4.78 is 35.8. The van der Waals surface area contributed by atoms with Gasteiger partial charge in [-0.25, -0.2) is 18.0 Å². The van der Waals surface area contributed by atoms with Gasteiger partial charge in [0.15, 0.2) is 0 Å². The molecule has 0 saturated carbocycles. The lowest BCUT2D eigenvalue weighted by atomic mass is 10.0. The average molecular weight is 488 g/mol. The lowest BCUT2D eigenvalue weighted by Gasteiger charge is -2.32. The number of sulfonamides is 1. The Hall–Kier alpha value is -2.18. The van der Waals surface area contributed by atoms with Crippen molar-refractivity contribution < 1.29 is 32.3 Å². The van der Waals surface area contributed by atoms with Gasteiger partial charge in [-0.2, -0.15) is 4.31 Å². The Morgan fingerprint density at radius 1 is 1.12 bits per heavy atom. The number of hydrogen-bond acceptors (Lipinski definition) is 8. The number of nitrogens with one attached hydrogen (secondary N) is 1. The number of ether oxygens (including phenoxy) is 2. The topological polar surface area (TPSA) is 122 Å². The van der Waals surface area contributed by atoms with Crippen molar-refractivity contribution in [1.29, 1.82) is 0 Å². The molecule has 1 atom stereocenters. The fourth-order valence-electron chi connectivity index (χ4n) is 4.04. The number of esters is 1. The van der Waals surface area contributed by atoms with Crippen LogP contribution in [0.2, 0.25) is 0 Å². The number of thiophene rings is 1. The Balaban J connectivity index is 1.89. The van der Waals surface area contributed by atoms with Crippen LogP contribution in [-0.4, -0.2) is 74.2 Å². The molecule has 0 aromatic carbocycles. The number of amides is 2. The first-order valence-corrected chi connectivity index (χ1v) is 13.3. The molecule has 12 heteroatoms. The molecule has 3 rings (SSSR count). The zero-order valence-corrected chi connectivity index (χ0v) is 20.1. The number of hydrogen-bond donors (Lipinski definition) is 1. The van der Waals surface area contributed by atoms with Crippen LogP contribution in [0, 0.1) is 0 Å². The van der Waals surface area contributed by atoms with Gasteiger partial charge in [-0.15, -0.1) is 11.3 Å². The van der Waals surface area contributed by atoms with E-state index >= 15 is 0 Å². The number of carbonyl (C=O) groups excluding carboxylic acids is 3. The molecule has 2 aliphatic rings. The van der Waals surface area contributed by atoms with Crippen LogP contribution in [0.15, 0.2) is 0 Å². The van der Waals surface area contributed by atoms with Crippen molar-refractivity contribution in [3.8, 4) is 0 Å². The zero-order chi connectivity index (χ0) is 23.5. The number of nitrogens with zero attached hydrogens (tertiary/aromatic N) is 2. The predicted octanol–water partition coefficient (Wildman–Crippen LogP) is 2.19. The molecule has 0 bridgehead atoms. The smallest absolute Gasteiger partial charge is 0.410 e. The van der Waals surface area contributed by atoms with Crippen LogP contribution in [0.25, 0.3) is 0 Å². The molecular weight excluding hydrogens is 458 g/mol. The van der Waals surface area contributed by atoms with E-state index in [0.29, 0.717) is 30.8 Å². The van der Waals surface area contributed by atoms with Gasteiger partial charge in [0.05, 0.1) is 31.6 Å². The van der Waals surface area contributed by atoms with Crippen molar-refractivity contribution in [3.05, 3.63) is 16.0 Å². The molecule has 1 saturated heterocycles. The lowest BCUT2D eigenvalue weighted by Crippen LogP contribution is -2.49. The standard InChI is InChI=1S/C20H29N3O7S2/c1-4-29-19(25)16-13-9-11-22(20(26)30-5-2)12-15(13)31-18(16)21-17(24)14-8-6-7-10-23(14)32(3,27)28/h14H,4-12H2,1-3H3,(H,21,24). The minimum Gasteiger partial charge on any atom is -0.462 e. The lowest BCUT2D eigenvalue weighted by molar-refractivity contribution is -0.120. The van der Waals surface area contributed by atoms with Gasteiger partial charge in [0, 0.05) is 18.0 Å². The third kappa shape index (κ3) is 5.24. The Morgan fingerprint density at radius 3 is 2.50 bits per heavy atom. The van der Waals surface area contributed by atoms with Gasteiger partial charge in [0.2, 0.25) is 15.9 Å². The second-order valence-corrected chi connectivity index (χ2v) is 10.7. The maximum absolute atomic E-state index is 13.1. The minimum atomic E-state index is -3.55. The van der Waals surface area contributed by atoms with Crippen molar-refractivity contribution in [2.75, 3.05) is 37.9 Å². The first kappa shape index (κ1) is 24.5. The Labute approximate surface area is 191 Å². The maximum atomic E-state index is 13.1. The molecule has 178 valence electrons. The summed E-state index contributed by atoms with van der Waals surface area (Å²) in [4.78, 5) is 40.3. The SMILES string of the molecule is CCOC(=O)c1c(NC(=O)C2CCCCN2S(C)(=O)=O)sc2c1CCN(C(=O)OCC)C2. The second-order valence-electron chi connectivity index (χ2n) is 7.67. The fourth-order valence-corrected chi connectivity index (χ4v) is 6.42. The highest BCUT2D eigenvalue weighted by Gasteiger charge is 2.37. The van der Waals surface area contributed by atoms with Crippen LogP contribution in [0.4, 0.5) is 9.80 Å². The van der Waals surface area contributed by atoms with Crippen LogP contribution >= 0.6 is 11.3 Å². The van der Waals surface area contributed by atoms with E-state index in [0.717, 1.165) is 23.1 Å². The van der Waals surface area contributed by atoms with E-state index in [1.54, 1.807) is 18.7 Å². The molecule has 1 aromatic heterocycles. The summed E-state index contributed by atoms with van der Waals surface area (Å²) in [6, 6.07) is -0.830. The van der Waals surface area contributed by atoms with Crippen molar-refractivity contribution in [2.24, 2.45) is 0 Å². The van der Waals surface area contributed by atoms with Gasteiger partial charge in [0.1, 0.15) is 11.0 Å². The van der Waals surface area contributed by atoms with E-state index in [1.165, 1.54) is 15.6 Å². The first-order valence-electron chi connectivity index (χ1n) is 10.7. The summed E-state index contributed by atoms with van der Waals surface area (Å²) >= 11 is 1.21. The van der Waals surface area contributed by atoms with Crippen molar-refractivity contribution in [1.82, 2.24) is 9.21 Å². The highest BCUT2D eigenvalue weighted by Crippen LogP contribution is 2.38. The third-order valence-electron chi connectivity index (χ3n) is 5.48. The Bertz CT molecular complexity index is 990. The third-order valence-corrected chi connectivity index (χ3v) is 7.90. The first-order chi connectivity index (χ1) is 15.2. The molecule has 2 aliphatic heterocycles. The largest absolute Gasteiger partial charge is 0.462 e. The average Bonchev–Trinajstić information content (AvgIpc) is 3.10. The van der Waals surface area contributed by atoms with Crippen molar-refractivity contribution >= 4 is 44.3 Å². The van der Waals surface area contributed by atoms with Gasteiger partial charge >= 0.3 is 12.1 Å². The number of anilines is 1. The molecule has 1 unspecified atom stereocenters. The Morgan fingerprint density at radius 2 is 1.84 bits per heavy atom. The van der Waals surface area contributed by atoms with Gasteiger partial charge in [0.25, 0.3) is 0 Å². The predicted molar refractivity (Wildman–Crippen MR) is 119 cm³/mol. The summed E-state index contributed by atoms with van der Waals surface area (Å²) in [5.74, 6) is -1.02. The van der Waals surface area contributed by atoms with Crippen LogP contribution in [0.3, 0.4) is 0 Å². The van der Waals surface area contributed by atoms with E-state index in [-0.39, 0.29) is 31.9 Å². The number of fused-ring (bicyclic) bond motifs is 1. The quantitative estimate of drug-likeness (QED) is 0.610. The molecule has 32 heavy (non-hydrogen) atoms. The summed E-state index contributed by atoms with van der Waals surface area (Å²) in [5, 5.41) is 3.11. The van der Waals surface area contributed by atoms with Gasteiger partial charge in [-0.3, -0.25) is 4.79 Å². The highest BCUT2D eigenvalue weighted by atomic mass is 32.2. The molecular formula is C20H29N3O7S2. The van der Waals surface area contributed by atoms with Crippen molar-refractivity contribution in [3.63, 3.8) is 0 Å². The normalized spacial score (nSPS) is 19.2. The number of piperidine rings is 1. The summed E-state index contributed by atoms with van der Waals surface area (Å²) in [6.45, 7) is 4.81. The molecule has 3 heterocycles. The monoisotopic (exact) mass is 487 g/mol. The van der Waals surface area contributed by atoms with Crippen LogP contribution in [0.1, 0.15) is 53.9 Å². The zero-order valence-electron chi connectivity index (χ0n) is 18.5. The summed E-state index contributed by atoms with van der Waals surface area (Å²) in [7, 11) is -3.55. The van der Waals surface area contributed by atoms with Gasteiger partial charge < -0.3 is 19.7 Å². The molecule has 0 aliphatic carbocycles. The van der Waals surface area contributed by atoms with E-state index < -0.39 is 34.0 Å². The van der Waals surface area contributed by atoms with E-state index in [9.17, 15) is 22.8 Å². The Kier molecular flexibility index (Phi) is 7.78. The summed E-state index contributed by atoms with van der Waals surface area (Å²) in [5.41, 5.74) is 1.03. The fraction of sp³-hybridized carbons (Fsp3) is 0.650. The number of rotatable bonds is 6. The highest BCUT2D eigenvalue weighted by molar-refractivity contribution is 7.88. The van der Waals surface area contributed by atoms with Gasteiger partial charge in [-0.05, 0) is 38.7 Å². The van der Waals surface area contributed by atoms with Gasteiger partial charge in [-0.1, -0.05) is 6.42 Å². The maximum Gasteiger partial charge on any atom is 0.410 e. The van der Waals surface area contributed by atoms with E-state index in [4.69, 9.17) is 9.47 Å². The summed E-state index contributed by atoms with van der Waals surface area (Å²) in [6.07, 6.45) is 2.94. The molecule has 1 N–H and O–H groups in total. The van der Waals surface area contributed by atoms with Crippen molar-refractivity contribution in [2.45, 2.75) is 52.1 Å². The molecule has 10 nitrogen and oxygen atoms in total. The molecule has 0 spiro atoms. The molecule has 1 fully saturated rings.